The number of benzene rings is 1. The first kappa shape index (κ1) is 21.4. The summed E-state index contributed by atoms with van der Waals surface area (Å²) >= 11 is 1.61. The molecule has 0 amide bonds. The van der Waals surface area contributed by atoms with Crippen LogP contribution in [0, 0.1) is 0 Å². The zero-order valence-electron chi connectivity index (χ0n) is 17.3. The van der Waals surface area contributed by atoms with E-state index in [1.54, 1.807) is 17.4 Å². The van der Waals surface area contributed by atoms with Gasteiger partial charge in [-0.15, -0.1) is 11.3 Å². The molecular formula is C24H26N4O2S. The highest BCUT2D eigenvalue weighted by Gasteiger charge is 2.11. The van der Waals surface area contributed by atoms with Gasteiger partial charge in [-0.05, 0) is 29.3 Å². The Morgan fingerprint density at radius 2 is 2.19 bits per heavy atom. The third-order valence-electron chi connectivity index (χ3n) is 5.05. The van der Waals surface area contributed by atoms with Crippen LogP contribution in [0.1, 0.15) is 5.56 Å². The minimum Gasteiger partial charge on any atom is -0.392 e. The lowest BCUT2D eigenvalue weighted by Gasteiger charge is -2.25. The number of allylic oxidation sites excluding steroid dienone is 3. The Morgan fingerprint density at radius 1 is 1.32 bits per heavy atom. The normalized spacial score (nSPS) is 15.6. The number of anilines is 1. The third kappa shape index (κ3) is 5.45. The Hall–Kier alpha value is -2.84. The molecule has 0 atom stereocenters. The number of rotatable bonds is 8. The fourth-order valence-corrected chi connectivity index (χ4v) is 4.31. The second-order valence-corrected chi connectivity index (χ2v) is 8.12. The molecular weight excluding hydrogens is 408 g/mol. The van der Waals surface area contributed by atoms with Crippen LogP contribution in [0.5, 0.6) is 0 Å². The average Bonchev–Trinajstić information content (AvgIpc) is 3.23. The molecule has 3 aromatic rings. The fourth-order valence-electron chi connectivity index (χ4n) is 3.44. The molecule has 1 aromatic carbocycles. The Kier molecular flexibility index (Phi) is 7.22. The van der Waals surface area contributed by atoms with Gasteiger partial charge in [0.15, 0.2) is 0 Å². The summed E-state index contributed by atoms with van der Waals surface area (Å²) in [4.78, 5) is 11.6. The van der Waals surface area contributed by atoms with Crippen LogP contribution in [-0.4, -0.2) is 52.8 Å². The van der Waals surface area contributed by atoms with Crippen molar-refractivity contribution >= 4 is 27.5 Å². The molecule has 1 aliphatic heterocycles. The number of fused-ring (bicyclic) bond motifs is 1. The molecule has 1 fully saturated rings. The van der Waals surface area contributed by atoms with Crippen LogP contribution in [0.25, 0.3) is 21.3 Å². The number of hydrogen-bond donors (Lipinski definition) is 2. The molecule has 7 heteroatoms. The molecule has 0 unspecified atom stereocenters. The number of nitrogens with zero attached hydrogens (tertiary/aromatic N) is 3. The third-order valence-corrected chi connectivity index (χ3v) is 5.96. The average molecular weight is 435 g/mol. The second-order valence-electron chi connectivity index (χ2n) is 7.21. The summed E-state index contributed by atoms with van der Waals surface area (Å²) in [6.45, 7) is 8.20. The quantitative estimate of drug-likeness (QED) is 0.517. The Morgan fingerprint density at radius 3 is 3.00 bits per heavy atom. The number of morpholine rings is 1. The van der Waals surface area contributed by atoms with Crippen LogP contribution in [-0.2, 0) is 11.3 Å². The first-order valence-corrected chi connectivity index (χ1v) is 11.2. The highest BCUT2D eigenvalue weighted by atomic mass is 32.1. The first-order chi connectivity index (χ1) is 15.3. The van der Waals surface area contributed by atoms with E-state index in [1.807, 2.05) is 42.6 Å². The van der Waals surface area contributed by atoms with Crippen LogP contribution < -0.4 is 5.32 Å². The molecule has 1 saturated heterocycles. The largest absolute Gasteiger partial charge is 0.392 e. The predicted octanol–water partition coefficient (Wildman–Crippen LogP) is 4.22. The van der Waals surface area contributed by atoms with Crippen molar-refractivity contribution in [3.8, 4) is 11.1 Å². The van der Waals surface area contributed by atoms with E-state index in [2.05, 4.69) is 33.2 Å². The van der Waals surface area contributed by atoms with Crippen molar-refractivity contribution < 1.29 is 9.84 Å². The zero-order valence-corrected chi connectivity index (χ0v) is 18.1. The maximum Gasteiger partial charge on any atom is 0.227 e. The summed E-state index contributed by atoms with van der Waals surface area (Å²) in [7, 11) is 0. The monoisotopic (exact) mass is 434 g/mol. The highest BCUT2D eigenvalue weighted by molar-refractivity contribution is 7.17. The molecule has 2 aromatic heterocycles. The van der Waals surface area contributed by atoms with Gasteiger partial charge in [0.1, 0.15) is 0 Å². The lowest BCUT2D eigenvalue weighted by Crippen LogP contribution is -2.36. The molecule has 1 aliphatic rings. The van der Waals surface area contributed by atoms with E-state index in [-0.39, 0.29) is 6.61 Å². The predicted molar refractivity (Wildman–Crippen MR) is 127 cm³/mol. The number of aliphatic hydroxyl groups excluding tert-OH is 1. The van der Waals surface area contributed by atoms with Crippen LogP contribution in [0.4, 0.5) is 5.95 Å². The van der Waals surface area contributed by atoms with Crippen molar-refractivity contribution in [2.24, 2.45) is 0 Å². The van der Waals surface area contributed by atoms with Gasteiger partial charge in [-0.25, -0.2) is 9.97 Å². The second kappa shape index (κ2) is 10.5. The Labute approximate surface area is 186 Å². The van der Waals surface area contributed by atoms with Gasteiger partial charge in [0, 0.05) is 36.3 Å². The van der Waals surface area contributed by atoms with Crippen molar-refractivity contribution in [3.05, 3.63) is 78.0 Å². The van der Waals surface area contributed by atoms with Crippen LogP contribution >= 0.6 is 11.3 Å². The first-order valence-electron chi connectivity index (χ1n) is 10.3. The van der Waals surface area contributed by atoms with Crippen LogP contribution in [0.3, 0.4) is 0 Å². The molecule has 2 N–H and O–H groups in total. The summed E-state index contributed by atoms with van der Waals surface area (Å²) in [5, 5.41) is 14.8. The molecule has 3 heterocycles. The highest BCUT2D eigenvalue weighted by Crippen LogP contribution is 2.33. The Balaban J connectivity index is 1.53. The molecule has 0 bridgehead atoms. The van der Waals surface area contributed by atoms with Crippen LogP contribution in [0.2, 0.25) is 0 Å². The van der Waals surface area contributed by atoms with Gasteiger partial charge < -0.3 is 15.2 Å². The minimum absolute atomic E-state index is 0.0181. The lowest BCUT2D eigenvalue weighted by atomic mass is 10.1. The van der Waals surface area contributed by atoms with Crippen LogP contribution in [0.15, 0.2) is 72.4 Å². The van der Waals surface area contributed by atoms with Gasteiger partial charge in [-0.2, -0.15) is 0 Å². The maximum atomic E-state index is 9.46. The Bertz CT molecular complexity index is 1100. The standard InChI is InChI=1S/C24H26N4O2S/c1-2-5-20(8-4-9-28-10-12-30-13-11-28)26-24-25-15-22-23(27-24)21(17-31-22)19-7-3-6-18(14-19)16-29/h2-8,14-15,17,29H,1,9-13,16H2,(H,25,26,27)/b8-4-,20-5+. The molecule has 0 saturated carbocycles. The van der Waals surface area contributed by atoms with Crippen molar-refractivity contribution in [3.63, 3.8) is 0 Å². The summed E-state index contributed by atoms with van der Waals surface area (Å²) in [5.41, 5.74) is 4.73. The number of thiophene rings is 1. The fraction of sp³-hybridized carbons (Fsp3) is 0.250. The topological polar surface area (TPSA) is 70.5 Å². The number of nitrogens with one attached hydrogen (secondary N) is 1. The summed E-state index contributed by atoms with van der Waals surface area (Å²) in [6.07, 6.45) is 9.66. The summed E-state index contributed by atoms with van der Waals surface area (Å²) in [6, 6.07) is 7.89. The summed E-state index contributed by atoms with van der Waals surface area (Å²) in [5.74, 6) is 0.537. The number of aliphatic hydroxyl groups is 1. The van der Waals surface area contributed by atoms with Gasteiger partial charge in [0.2, 0.25) is 5.95 Å². The smallest absolute Gasteiger partial charge is 0.227 e. The number of hydrogen-bond acceptors (Lipinski definition) is 7. The molecule has 6 nitrogen and oxygen atoms in total. The molecule has 0 aliphatic carbocycles. The van der Waals surface area contributed by atoms with Crippen molar-refractivity contribution in [1.29, 1.82) is 0 Å². The number of ether oxygens (including phenoxy) is 1. The van der Waals surface area contributed by atoms with E-state index in [0.29, 0.717) is 5.95 Å². The van der Waals surface area contributed by atoms with Crippen molar-refractivity contribution in [2.45, 2.75) is 6.61 Å². The SMILES string of the molecule is C=C/C=C(\C=C/CN1CCOCC1)Nc1ncc2scc(-c3cccc(CO)c3)c2n1. The van der Waals surface area contributed by atoms with E-state index in [4.69, 9.17) is 9.72 Å². The summed E-state index contributed by atoms with van der Waals surface area (Å²) < 4.78 is 6.42. The van der Waals surface area contributed by atoms with Gasteiger partial charge in [0.25, 0.3) is 0 Å². The van der Waals surface area contributed by atoms with E-state index < -0.39 is 0 Å². The van der Waals surface area contributed by atoms with Gasteiger partial charge in [0.05, 0.1) is 36.2 Å². The molecule has 4 rings (SSSR count). The number of aromatic nitrogens is 2. The van der Waals surface area contributed by atoms with E-state index in [9.17, 15) is 5.11 Å². The minimum atomic E-state index is 0.0181. The zero-order chi connectivity index (χ0) is 21.5. The molecule has 0 radical (unpaired) electrons. The van der Waals surface area contributed by atoms with E-state index in [0.717, 1.165) is 65.5 Å². The van der Waals surface area contributed by atoms with E-state index >= 15 is 0 Å². The van der Waals surface area contributed by atoms with Crippen molar-refractivity contribution in [2.75, 3.05) is 38.2 Å². The maximum absolute atomic E-state index is 9.46. The molecule has 0 spiro atoms. The van der Waals surface area contributed by atoms with Gasteiger partial charge >= 0.3 is 0 Å². The van der Waals surface area contributed by atoms with Gasteiger partial charge in [-0.3, -0.25) is 4.90 Å². The molecule has 160 valence electrons. The lowest BCUT2D eigenvalue weighted by molar-refractivity contribution is 0.0434. The van der Waals surface area contributed by atoms with E-state index in [1.165, 1.54) is 0 Å². The van der Waals surface area contributed by atoms with Gasteiger partial charge in [-0.1, -0.05) is 36.9 Å². The molecule has 31 heavy (non-hydrogen) atoms. The van der Waals surface area contributed by atoms with Crippen molar-refractivity contribution in [1.82, 2.24) is 14.9 Å².